The number of aromatic amines is 1. The molecule has 3 heterocycles. The van der Waals surface area contributed by atoms with Gasteiger partial charge >= 0.3 is 0 Å². The van der Waals surface area contributed by atoms with Gasteiger partial charge in [0.15, 0.2) is 11.5 Å². The van der Waals surface area contributed by atoms with Crippen LogP contribution in [0.25, 0.3) is 11.4 Å². The second-order valence-electron chi connectivity index (χ2n) is 6.22. The second-order valence-corrected chi connectivity index (χ2v) is 6.22. The van der Waals surface area contributed by atoms with Gasteiger partial charge in [-0.25, -0.2) is 0 Å². The number of fused-ring (bicyclic) bond motifs is 1. The van der Waals surface area contributed by atoms with Gasteiger partial charge in [0.25, 0.3) is 5.56 Å². The lowest BCUT2D eigenvalue weighted by Crippen LogP contribution is -2.15. The Labute approximate surface area is 142 Å². The van der Waals surface area contributed by atoms with Crippen LogP contribution in [0, 0.1) is 0 Å². The maximum atomic E-state index is 11.8. The molecule has 2 aliphatic rings. The number of benzene rings is 1. The van der Waals surface area contributed by atoms with Crippen molar-refractivity contribution in [2.24, 2.45) is 0 Å². The van der Waals surface area contributed by atoms with E-state index in [9.17, 15) is 4.79 Å². The van der Waals surface area contributed by atoms with Crippen molar-refractivity contribution in [2.45, 2.75) is 18.3 Å². The highest BCUT2D eigenvalue weighted by Crippen LogP contribution is 2.55. The molecule has 3 aromatic rings. The quantitative estimate of drug-likeness (QED) is 0.789. The summed E-state index contributed by atoms with van der Waals surface area (Å²) >= 11 is 0. The molecule has 126 valence electrons. The Hall–Kier alpha value is -3.09. The third-order valence-electron chi connectivity index (χ3n) is 4.60. The first-order valence-corrected chi connectivity index (χ1v) is 8.21. The van der Waals surface area contributed by atoms with Crippen LogP contribution in [0.15, 0.2) is 45.8 Å². The summed E-state index contributed by atoms with van der Waals surface area (Å²) in [4.78, 5) is 18.9. The fourth-order valence-corrected chi connectivity index (χ4v) is 3.22. The van der Waals surface area contributed by atoms with E-state index >= 15 is 0 Å². The van der Waals surface area contributed by atoms with Gasteiger partial charge in [0.1, 0.15) is 13.2 Å². The minimum atomic E-state index is -0.228. The van der Waals surface area contributed by atoms with Crippen molar-refractivity contribution in [3.05, 3.63) is 58.3 Å². The summed E-state index contributed by atoms with van der Waals surface area (Å²) < 4.78 is 16.6. The maximum absolute atomic E-state index is 11.8. The van der Waals surface area contributed by atoms with Crippen molar-refractivity contribution in [3.63, 3.8) is 0 Å². The molecule has 1 aliphatic heterocycles. The van der Waals surface area contributed by atoms with E-state index in [1.807, 2.05) is 12.1 Å². The maximum Gasteiger partial charge on any atom is 0.259 e. The molecule has 1 aliphatic carbocycles. The number of hydrogen-bond donors (Lipinski definition) is 1. The van der Waals surface area contributed by atoms with Crippen molar-refractivity contribution in [3.8, 4) is 22.9 Å². The lowest BCUT2D eigenvalue weighted by atomic mass is 10.1. The fraction of sp³-hybridized carbons (Fsp3) is 0.278. The predicted molar refractivity (Wildman–Crippen MR) is 87.9 cm³/mol. The Morgan fingerprint density at radius 2 is 1.96 bits per heavy atom. The van der Waals surface area contributed by atoms with Crippen LogP contribution >= 0.6 is 0 Å². The monoisotopic (exact) mass is 337 g/mol. The number of nitrogens with zero attached hydrogens (tertiary/aromatic N) is 2. The summed E-state index contributed by atoms with van der Waals surface area (Å²) in [7, 11) is 0. The molecule has 2 atom stereocenters. The van der Waals surface area contributed by atoms with Crippen LogP contribution in [0.3, 0.4) is 0 Å². The molecule has 1 aromatic carbocycles. The van der Waals surface area contributed by atoms with E-state index in [4.69, 9.17) is 14.0 Å². The van der Waals surface area contributed by atoms with Crippen LogP contribution in [0.4, 0.5) is 0 Å². The SMILES string of the molecule is O=c1[nH]cccc1-c1noc(C2CC2c2ccc3c(c2)OCCO3)n1. The molecule has 25 heavy (non-hydrogen) atoms. The molecule has 1 fully saturated rings. The third kappa shape index (κ3) is 2.48. The average Bonchev–Trinajstić information content (AvgIpc) is 3.31. The highest BCUT2D eigenvalue weighted by Gasteiger charge is 2.44. The predicted octanol–water partition coefficient (Wildman–Crippen LogP) is 2.47. The van der Waals surface area contributed by atoms with Gasteiger partial charge in [-0.05, 0) is 42.2 Å². The van der Waals surface area contributed by atoms with E-state index in [1.54, 1.807) is 18.3 Å². The van der Waals surface area contributed by atoms with Crippen molar-refractivity contribution in [1.29, 1.82) is 0 Å². The minimum Gasteiger partial charge on any atom is -0.486 e. The van der Waals surface area contributed by atoms with E-state index in [-0.39, 0.29) is 11.5 Å². The zero-order valence-electron chi connectivity index (χ0n) is 13.3. The lowest BCUT2D eigenvalue weighted by Gasteiger charge is -2.18. The molecule has 1 N–H and O–H groups in total. The molecule has 5 rings (SSSR count). The van der Waals surface area contributed by atoms with E-state index in [2.05, 4.69) is 21.2 Å². The van der Waals surface area contributed by atoms with Crippen molar-refractivity contribution >= 4 is 0 Å². The highest BCUT2D eigenvalue weighted by atomic mass is 16.6. The summed E-state index contributed by atoms with van der Waals surface area (Å²) in [5.41, 5.74) is 1.36. The minimum absolute atomic E-state index is 0.173. The topological polar surface area (TPSA) is 90.2 Å². The lowest BCUT2D eigenvalue weighted by molar-refractivity contribution is 0.171. The van der Waals surface area contributed by atoms with Crippen molar-refractivity contribution in [2.75, 3.05) is 13.2 Å². The van der Waals surface area contributed by atoms with Gasteiger partial charge < -0.3 is 19.0 Å². The molecule has 0 bridgehead atoms. The second kappa shape index (κ2) is 5.47. The van der Waals surface area contributed by atoms with Gasteiger partial charge in [-0.3, -0.25) is 4.79 Å². The summed E-state index contributed by atoms with van der Waals surface area (Å²) in [6, 6.07) is 9.44. The Kier molecular flexibility index (Phi) is 3.12. The molecule has 2 aromatic heterocycles. The zero-order chi connectivity index (χ0) is 16.8. The molecule has 1 saturated carbocycles. The first-order valence-electron chi connectivity index (χ1n) is 8.21. The summed E-state index contributed by atoms with van der Waals surface area (Å²) in [6.45, 7) is 1.16. The van der Waals surface area contributed by atoms with Gasteiger partial charge in [0.05, 0.1) is 5.56 Å². The molecular weight excluding hydrogens is 322 g/mol. The van der Waals surface area contributed by atoms with E-state index in [0.29, 0.717) is 36.4 Å². The van der Waals surface area contributed by atoms with Crippen molar-refractivity contribution < 1.29 is 14.0 Å². The first-order chi connectivity index (χ1) is 12.3. The Morgan fingerprint density at radius 3 is 2.84 bits per heavy atom. The molecular formula is C18H15N3O4. The van der Waals surface area contributed by atoms with Gasteiger partial charge in [0, 0.05) is 12.1 Å². The Bertz CT molecular complexity index is 994. The summed E-state index contributed by atoms with van der Waals surface area (Å²) in [5.74, 6) is 2.96. The molecule has 0 saturated heterocycles. The van der Waals surface area contributed by atoms with Crippen LogP contribution in [-0.2, 0) is 0 Å². The normalized spacial score (nSPS) is 21.1. The summed E-state index contributed by atoms with van der Waals surface area (Å²) in [6.07, 6.45) is 2.51. The third-order valence-corrected chi connectivity index (χ3v) is 4.60. The number of pyridine rings is 1. The molecule has 0 spiro atoms. The Morgan fingerprint density at radius 1 is 1.08 bits per heavy atom. The number of hydrogen-bond acceptors (Lipinski definition) is 6. The van der Waals surface area contributed by atoms with Gasteiger partial charge in [-0.15, -0.1) is 0 Å². The van der Waals surface area contributed by atoms with E-state index in [1.165, 1.54) is 5.56 Å². The number of ether oxygens (including phenoxy) is 2. The van der Waals surface area contributed by atoms with Crippen LogP contribution in [-0.4, -0.2) is 28.3 Å². The number of rotatable bonds is 3. The van der Waals surface area contributed by atoms with Crippen LogP contribution in [0.5, 0.6) is 11.5 Å². The van der Waals surface area contributed by atoms with Gasteiger partial charge in [-0.1, -0.05) is 11.2 Å². The zero-order valence-corrected chi connectivity index (χ0v) is 13.3. The highest BCUT2D eigenvalue weighted by molar-refractivity contribution is 5.52. The van der Waals surface area contributed by atoms with Crippen LogP contribution in [0.1, 0.15) is 29.7 Å². The number of aromatic nitrogens is 3. The molecule has 0 amide bonds. The first kappa shape index (κ1) is 14.3. The Balaban J connectivity index is 1.38. The molecule has 0 radical (unpaired) electrons. The van der Waals surface area contributed by atoms with Crippen LogP contribution < -0.4 is 15.0 Å². The fourth-order valence-electron chi connectivity index (χ4n) is 3.22. The molecule has 2 unspecified atom stereocenters. The van der Waals surface area contributed by atoms with Gasteiger partial charge in [-0.2, -0.15) is 4.98 Å². The standard InChI is InChI=1S/C18H15N3O4/c22-17-11(2-1-5-19-17)16-20-18(25-21-16)13-9-12(13)10-3-4-14-15(8-10)24-7-6-23-14/h1-5,8,12-13H,6-7,9H2,(H,19,22). The summed E-state index contributed by atoms with van der Waals surface area (Å²) in [5, 5.41) is 3.96. The number of H-pyrrole nitrogens is 1. The smallest absolute Gasteiger partial charge is 0.259 e. The van der Waals surface area contributed by atoms with E-state index in [0.717, 1.165) is 17.9 Å². The average molecular weight is 337 g/mol. The molecule has 7 nitrogen and oxygen atoms in total. The van der Waals surface area contributed by atoms with Gasteiger partial charge in [0.2, 0.25) is 11.7 Å². The largest absolute Gasteiger partial charge is 0.486 e. The van der Waals surface area contributed by atoms with Crippen molar-refractivity contribution in [1.82, 2.24) is 15.1 Å². The molecule has 7 heteroatoms. The van der Waals surface area contributed by atoms with Crippen LogP contribution in [0.2, 0.25) is 0 Å². The van der Waals surface area contributed by atoms with E-state index < -0.39 is 0 Å². The number of nitrogens with one attached hydrogen (secondary N) is 1.